The van der Waals surface area contributed by atoms with Gasteiger partial charge in [-0.1, -0.05) is 12.1 Å². The van der Waals surface area contributed by atoms with Crippen LogP contribution in [-0.4, -0.2) is 45.6 Å². The van der Waals surface area contributed by atoms with E-state index in [0.717, 1.165) is 53.3 Å². The van der Waals surface area contributed by atoms with E-state index >= 15 is 0 Å². The van der Waals surface area contributed by atoms with Crippen molar-refractivity contribution in [3.05, 3.63) is 70.8 Å². The Morgan fingerprint density at radius 3 is 2.97 bits per heavy atom. The van der Waals surface area contributed by atoms with Gasteiger partial charge in [0.2, 0.25) is 0 Å². The summed E-state index contributed by atoms with van der Waals surface area (Å²) in [4.78, 5) is 19.4. The zero-order chi connectivity index (χ0) is 20.5. The predicted octanol–water partition coefficient (Wildman–Crippen LogP) is 4.49. The number of carbonyl (C=O) groups excluding carboxylic acids is 1. The van der Waals surface area contributed by atoms with Crippen LogP contribution in [-0.2, 0) is 0 Å². The number of piperidine rings is 1. The number of rotatable bonds is 4. The van der Waals surface area contributed by atoms with E-state index in [0.29, 0.717) is 6.54 Å². The number of methoxy groups -OCH3 is 1. The van der Waals surface area contributed by atoms with E-state index in [-0.39, 0.29) is 11.8 Å². The van der Waals surface area contributed by atoms with Crippen LogP contribution < -0.4 is 4.74 Å². The van der Waals surface area contributed by atoms with Gasteiger partial charge in [0.05, 0.1) is 12.7 Å². The molecule has 1 atom stereocenters. The van der Waals surface area contributed by atoms with Crippen molar-refractivity contribution in [3.8, 4) is 16.9 Å². The summed E-state index contributed by atoms with van der Waals surface area (Å²) in [6, 6.07) is 13.9. The maximum absolute atomic E-state index is 12.7. The lowest BCUT2D eigenvalue weighted by Gasteiger charge is -2.31. The van der Waals surface area contributed by atoms with Crippen LogP contribution in [0.25, 0.3) is 16.8 Å². The number of hydrogen-bond donors (Lipinski definition) is 0. The number of carbonyl (C=O) groups is 1. The highest BCUT2D eigenvalue weighted by atomic mass is 32.1. The third kappa shape index (κ3) is 3.57. The van der Waals surface area contributed by atoms with E-state index in [1.54, 1.807) is 18.4 Å². The minimum atomic E-state index is 0.102. The van der Waals surface area contributed by atoms with Gasteiger partial charge in [0.1, 0.15) is 5.75 Å². The molecule has 152 valence electrons. The Morgan fingerprint density at radius 2 is 2.13 bits per heavy atom. The van der Waals surface area contributed by atoms with Crippen molar-refractivity contribution >= 4 is 22.9 Å². The number of benzene rings is 1. The first-order valence-corrected chi connectivity index (χ1v) is 11.0. The Hall–Kier alpha value is -3.19. The topological polar surface area (TPSA) is 59.7 Å². The van der Waals surface area contributed by atoms with Gasteiger partial charge in [0.15, 0.2) is 11.5 Å². The van der Waals surface area contributed by atoms with Gasteiger partial charge >= 0.3 is 0 Å². The van der Waals surface area contributed by atoms with E-state index in [9.17, 15) is 4.79 Å². The molecule has 5 rings (SSSR count). The number of ether oxygens (including phenoxy) is 1. The standard InChI is InChI=1S/C23H22N4O2S/c1-29-20-6-2-4-16(12-20)17-7-8-21-24-22(25-27(21)14-17)18-5-3-10-26(13-18)23(28)19-9-11-30-15-19/h2,4,6-9,11-12,14-15,18H,3,5,10,13H2,1H3/t18-/m0/s1. The number of amides is 1. The largest absolute Gasteiger partial charge is 0.497 e. The molecule has 1 amide bonds. The number of likely N-dealkylation sites (tertiary alicyclic amines) is 1. The predicted molar refractivity (Wildman–Crippen MR) is 117 cm³/mol. The van der Waals surface area contributed by atoms with E-state index in [1.807, 2.05) is 56.7 Å². The van der Waals surface area contributed by atoms with Crippen LogP contribution in [0.1, 0.15) is 34.9 Å². The van der Waals surface area contributed by atoms with Crippen molar-refractivity contribution in [3.63, 3.8) is 0 Å². The summed E-state index contributed by atoms with van der Waals surface area (Å²) in [7, 11) is 1.67. The molecule has 4 heterocycles. The minimum Gasteiger partial charge on any atom is -0.497 e. The van der Waals surface area contributed by atoms with Crippen LogP contribution in [0.15, 0.2) is 59.4 Å². The quantitative estimate of drug-likeness (QED) is 0.490. The van der Waals surface area contributed by atoms with Crippen molar-refractivity contribution in [2.75, 3.05) is 20.2 Å². The van der Waals surface area contributed by atoms with E-state index in [1.165, 1.54) is 0 Å². The molecule has 1 aliphatic heterocycles. The molecule has 0 radical (unpaired) electrons. The van der Waals surface area contributed by atoms with Crippen molar-refractivity contribution in [1.82, 2.24) is 19.5 Å². The van der Waals surface area contributed by atoms with Crippen LogP contribution in [0.5, 0.6) is 5.75 Å². The molecule has 4 aromatic rings. The second-order valence-corrected chi connectivity index (χ2v) is 8.30. The van der Waals surface area contributed by atoms with Gasteiger partial charge in [-0.2, -0.15) is 16.4 Å². The highest BCUT2D eigenvalue weighted by Gasteiger charge is 2.28. The Labute approximate surface area is 178 Å². The number of nitrogens with zero attached hydrogens (tertiary/aromatic N) is 4. The number of fused-ring (bicyclic) bond motifs is 1. The lowest BCUT2D eigenvalue weighted by Crippen LogP contribution is -2.39. The smallest absolute Gasteiger partial charge is 0.254 e. The first kappa shape index (κ1) is 18.8. The molecule has 1 aliphatic rings. The zero-order valence-corrected chi connectivity index (χ0v) is 17.5. The van der Waals surface area contributed by atoms with Gasteiger partial charge in [0, 0.05) is 36.1 Å². The summed E-state index contributed by atoms with van der Waals surface area (Å²) >= 11 is 1.55. The van der Waals surface area contributed by atoms with Crippen molar-refractivity contribution in [2.24, 2.45) is 0 Å². The number of pyridine rings is 1. The fraction of sp³-hybridized carbons (Fsp3) is 0.261. The Bertz CT molecular complexity index is 1190. The molecule has 6 nitrogen and oxygen atoms in total. The van der Waals surface area contributed by atoms with E-state index in [4.69, 9.17) is 14.8 Å². The molecule has 3 aromatic heterocycles. The lowest BCUT2D eigenvalue weighted by molar-refractivity contribution is 0.0705. The van der Waals surface area contributed by atoms with Gasteiger partial charge in [-0.15, -0.1) is 0 Å². The molecule has 0 bridgehead atoms. The number of aromatic nitrogens is 3. The highest BCUT2D eigenvalue weighted by Crippen LogP contribution is 2.28. The molecule has 0 N–H and O–H groups in total. The van der Waals surface area contributed by atoms with Gasteiger partial charge in [-0.25, -0.2) is 9.50 Å². The normalized spacial score (nSPS) is 16.7. The average Bonchev–Trinajstić information content (AvgIpc) is 3.48. The summed E-state index contributed by atoms with van der Waals surface area (Å²) < 4.78 is 7.17. The molecular weight excluding hydrogens is 396 g/mol. The van der Waals surface area contributed by atoms with Gasteiger partial charge in [0.25, 0.3) is 5.91 Å². The van der Waals surface area contributed by atoms with Crippen molar-refractivity contribution in [1.29, 1.82) is 0 Å². The van der Waals surface area contributed by atoms with Crippen LogP contribution in [0.4, 0.5) is 0 Å². The summed E-state index contributed by atoms with van der Waals surface area (Å²) in [5, 5.41) is 8.61. The van der Waals surface area contributed by atoms with Crippen LogP contribution in [0.3, 0.4) is 0 Å². The molecule has 1 saturated heterocycles. The fourth-order valence-corrected chi connectivity index (χ4v) is 4.62. The van der Waals surface area contributed by atoms with Gasteiger partial charge < -0.3 is 9.64 Å². The number of thiophene rings is 1. The van der Waals surface area contributed by atoms with E-state index in [2.05, 4.69) is 12.1 Å². The SMILES string of the molecule is COc1cccc(-c2ccc3nc([C@H]4CCCN(C(=O)c5ccsc5)C4)nn3c2)c1. The second kappa shape index (κ2) is 7.91. The molecule has 0 unspecified atom stereocenters. The minimum absolute atomic E-state index is 0.102. The third-order valence-electron chi connectivity index (χ3n) is 5.59. The summed E-state index contributed by atoms with van der Waals surface area (Å²) in [5.41, 5.74) is 3.71. The average molecular weight is 419 g/mol. The molecular formula is C23H22N4O2S. The van der Waals surface area contributed by atoms with Crippen LogP contribution >= 0.6 is 11.3 Å². The van der Waals surface area contributed by atoms with Crippen molar-refractivity contribution < 1.29 is 9.53 Å². The van der Waals surface area contributed by atoms with E-state index < -0.39 is 0 Å². The summed E-state index contributed by atoms with van der Waals surface area (Å²) in [5.74, 6) is 1.89. The Morgan fingerprint density at radius 1 is 1.20 bits per heavy atom. The van der Waals surface area contributed by atoms with Gasteiger partial charge in [-0.3, -0.25) is 4.79 Å². The Kier molecular flexibility index (Phi) is 4.96. The Balaban J connectivity index is 1.40. The van der Waals surface area contributed by atoms with Gasteiger partial charge in [-0.05, 0) is 54.1 Å². The monoisotopic (exact) mass is 418 g/mol. The molecule has 0 saturated carbocycles. The summed E-state index contributed by atoms with van der Waals surface area (Å²) in [6.07, 6.45) is 3.95. The molecule has 1 fully saturated rings. The van der Waals surface area contributed by atoms with Crippen molar-refractivity contribution in [2.45, 2.75) is 18.8 Å². The molecule has 30 heavy (non-hydrogen) atoms. The maximum atomic E-state index is 12.7. The number of hydrogen-bond acceptors (Lipinski definition) is 5. The first-order valence-electron chi connectivity index (χ1n) is 10.0. The zero-order valence-electron chi connectivity index (χ0n) is 16.7. The molecule has 0 spiro atoms. The summed E-state index contributed by atoms with van der Waals surface area (Å²) in [6.45, 7) is 1.45. The first-order chi connectivity index (χ1) is 14.7. The maximum Gasteiger partial charge on any atom is 0.254 e. The second-order valence-electron chi connectivity index (χ2n) is 7.52. The fourth-order valence-electron chi connectivity index (χ4n) is 3.99. The van der Waals surface area contributed by atoms with Crippen LogP contribution in [0.2, 0.25) is 0 Å². The highest BCUT2D eigenvalue weighted by molar-refractivity contribution is 7.08. The molecule has 7 heteroatoms. The van der Waals surface area contributed by atoms with Crippen LogP contribution in [0, 0.1) is 0 Å². The molecule has 1 aromatic carbocycles. The third-order valence-corrected chi connectivity index (χ3v) is 6.28. The molecule has 0 aliphatic carbocycles. The lowest BCUT2D eigenvalue weighted by atomic mass is 9.97.